The van der Waals surface area contributed by atoms with Gasteiger partial charge >= 0.3 is 0 Å². The van der Waals surface area contributed by atoms with Crippen molar-refractivity contribution < 1.29 is 4.48 Å². The highest BCUT2D eigenvalue weighted by atomic mass is 32.2. The molecule has 0 spiro atoms. The van der Waals surface area contributed by atoms with Crippen LogP contribution < -0.4 is 0 Å². The fourth-order valence-electron chi connectivity index (χ4n) is 3.87. The van der Waals surface area contributed by atoms with Crippen LogP contribution in [0.2, 0.25) is 0 Å². The van der Waals surface area contributed by atoms with Crippen LogP contribution in [0.25, 0.3) is 0 Å². The molecule has 0 aliphatic heterocycles. The lowest BCUT2D eigenvalue weighted by atomic mass is 10.1. The maximum Gasteiger partial charge on any atom is 0.0780 e. The second-order valence-electron chi connectivity index (χ2n) is 10.3. The van der Waals surface area contributed by atoms with Crippen LogP contribution in [0.1, 0.15) is 69.4 Å². The van der Waals surface area contributed by atoms with Crippen LogP contribution in [0.3, 0.4) is 0 Å². The maximum absolute atomic E-state index is 4.28. The Kier molecular flexibility index (Phi) is 13.2. The molecule has 186 valence electrons. The van der Waals surface area contributed by atoms with E-state index in [4.69, 9.17) is 0 Å². The number of thioether (sulfide) groups is 2. The SMILES string of the molecule is C=C(Sc1ccc(CCCCCCCC)cc1)C(=C)Sc1ccc(CCCC[N+](C)(C)C)cc1. The second-order valence-corrected chi connectivity index (χ2v) is 12.7. The molecule has 0 saturated heterocycles. The Morgan fingerprint density at radius 2 is 1.03 bits per heavy atom. The third-order valence-corrected chi connectivity index (χ3v) is 8.13. The van der Waals surface area contributed by atoms with Crippen LogP contribution in [0.5, 0.6) is 0 Å². The van der Waals surface area contributed by atoms with Crippen LogP contribution >= 0.6 is 23.5 Å². The van der Waals surface area contributed by atoms with Crippen LogP contribution in [0, 0.1) is 0 Å². The van der Waals surface area contributed by atoms with Crippen LogP contribution in [0.15, 0.2) is 81.3 Å². The summed E-state index contributed by atoms with van der Waals surface area (Å²) in [7, 11) is 6.78. The molecule has 0 aliphatic carbocycles. The molecule has 0 N–H and O–H groups in total. The number of nitrogens with zero attached hydrogens (tertiary/aromatic N) is 1. The lowest BCUT2D eigenvalue weighted by Crippen LogP contribution is -2.35. The van der Waals surface area contributed by atoms with E-state index >= 15 is 0 Å². The van der Waals surface area contributed by atoms with E-state index in [2.05, 4.69) is 89.8 Å². The van der Waals surface area contributed by atoms with Gasteiger partial charge in [0.1, 0.15) is 0 Å². The average Bonchev–Trinajstić information content (AvgIpc) is 2.80. The zero-order valence-electron chi connectivity index (χ0n) is 22.1. The molecular weight excluding hydrogens is 450 g/mol. The van der Waals surface area contributed by atoms with E-state index in [1.807, 2.05) is 0 Å². The fourth-order valence-corrected chi connectivity index (χ4v) is 5.46. The van der Waals surface area contributed by atoms with Gasteiger partial charge < -0.3 is 4.48 Å². The third kappa shape index (κ3) is 12.3. The van der Waals surface area contributed by atoms with Crippen LogP contribution in [-0.4, -0.2) is 32.2 Å². The number of hydrogen-bond donors (Lipinski definition) is 0. The Morgan fingerprint density at radius 3 is 1.47 bits per heavy atom. The largest absolute Gasteiger partial charge is 0.331 e. The van der Waals surface area contributed by atoms with Crippen molar-refractivity contribution in [3.05, 3.63) is 82.6 Å². The molecule has 0 atom stereocenters. The smallest absolute Gasteiger partial charge is 0.0780 e. The Morgan fingerprint density at radius 1 is 0.618 bits per heavy atom. The number of benzene rings is 2. The minimum Gasteiger partial charge on any atom is -0.331 e. The first-order valence-electron chi connectivity index (χ1n) is 13.0. The lowest BCUT2D eigenvalue weighted by molar-refractivity contribution is -0.870. The maximum atomic E-state index is 4.28. The highest BCUT2D eigenvalue weighted by molar-refractivity contribution is 8.08. The Labute approximate surface area is 218 Å². The molecule has 2 aromatic rings. The minimum atomic E-state index is 1.02. The number of quaternary nitrogens is 1. The molecule has 0 heterocycles. The first kappa shape index (κ1) is 28.8. The number of rotatable bonds is 17. The molecule has 3 heteroatoms. The monoisotopic (exact) mass is 496 g/mol. The van der Waals surface area contributed by atoms with Crippen molar-refractivity contribution in [3.8, 4) is 0 Å². The fraction of sp³-hybridized carbons (Fsp3) is 0.484. The summed E-state index contributed by atoms with van der Waals surface area (Å²) < 4.78 is 1.04. The molecule has 0 aliphatic rings. The summed E-state index contributed by atoms with van der Waals surface area (Å²) in [4.78, 5) is 4.52. The standard InChI is InChI=1S/C31H46NS2/c1-7-8-9-10-11-12-15-28-17-21-30(22-18-28)33-26(2)27(3)34-31-23-19-29(20-24-31)16-13-14-25-32(4,5)6/h17-24H,2-3,7-16,25H2,1,4-6H3/q+1. The molecule has 0 radical (unpaired) electrons. The number of hydrogen-bond acceptors (Lipinski definition) is 2. The van der Waals surface area contributed by atoms with E-state index in [0.29, 0.717) is 0 Å². The minimum absolute atomic E-state index is 1.02. The van der Waals surface area contributed by atoms with E-state index in [9.17, 15) is 0 Å². The summed E-state index contributed by atoms with van der Waals surface area (Å²) in [5, 5.41) is 0. The molecule has 0 bridgehead atoms. The Hall–Kier alpha value is -1.42. The summed E-state index contributed by atoms with van der Waals surface area (Å²) in [6, 6.07) is 18.0. The van der Waals surface area contributed by atoms with Crippen molar-refractivity contribution in [2.75, 3.05) is 27.7 Å². The molecule has 0 fully saturated rings. The van der Waals surface area contributed by atoms with E-state index in [-0.39, 0.29) is 0 Å². The van der Waals surface area contributed by atoms with Gasteiger partial charge in [-0.3, -0.25) is 0 Å². The van der Waals surface area contributed by atoms with Gasteiger partial charge in [0, 0.05) is 19.6 Å². The number of aryl methyl sites for hydroxylation is 2. The van der Waals surface area contributed by atoms with Gasteiger partial charge in [0.05, 0.1) is 27.7 Å². The van der Waals surface area contributed by atoms with Gasteiger partial charge in [0.2, 0.25) is 0 Å². The summed E-state index contributed by atoms with van der Waals surface area (Å²) in [5.74, 6) is 0. The van der Waals surface area contributed by atoms with Crippen molar-refractivity contribution in [1.29, 1.82) is 0 Å². The highest BCUT2D eigenvalue weighted by Crippen LogP contribution is 2.38. The van der Waals surface area contributed by atoms with Crippen molar-refractivity contribution in [2.24, 2.45) is 0 Å². The summed E-state index contributed by atoms with van der Waals surface area (Å²) in [6.45, 7) is 12.1. The molecule has 34 heavy (non-hydrogen) atoms. The van der Waals surface area contributed by atoms with Gasteiger partial charge in [0.15, 0.2) is 0 Å². The highest BCUT2D eigenvalue weighted by Gasteiger charge is 2.08. The molecule has 2 rings (SSSR count). The van der Waals surface area contributed by atoms with Crippen LogP contribution in [-0.2, 0) is 12.8 Å². The van der Waals surface area contributed by atoms with E-state index < -0.39 is 0 Å². The lowest BCUT2D eigenvalue weighted by Gasteiger charge is -2.23. The normalized spacial score (nSPS) is 11.5. The topological polar surface area (TPSA) is 0 Å². The van der Waals surface area contributed by atoms with Gasteiger partial charge in [-0.15, -0.1) is 0 Å². The van der Waals surface area contributed by atoms with E-state index in [1.165, 1.54) is 85.3 Å². The first-order valence-corrected chi connectivity index (χ1v) is 14.6. The first-order chi connectivity index (χ1) is 16.3. The number of unbranched alkanes of at least 4 members (excludes halogenated alkanes) is 6. The summed E-state index contributed by atoms with van der Waals surface area (Å²) in [6.07, 6.45) is 13.0. The Balaban J connectivity index is 1.71. The third-order valence-electron chi connectivity index (χ3n) is 6.00. The summed E-state index contributed by atoms with van der Waals surface area (Å²) >= 11 is 3.44. The van der Waals surface area contributed by atoms with Gasteiger partial charge in [0.25, 0.3) is 0 Å². The van der Waals surface area contributed by atoms with Crippen molar-refractivity contribution in [2.45, 2.75) is 80.9 Å². The molecule has 2 aromatic carbocycles. The predicted octanol–water partition coefficient (Wildman–Crippen LogP) is 9.53. The molecule has 0 aromatic heterocycles. The Bertz CT molecular complexity index is 860. The van der Waals surface area contributed by atoms with Crippen molar-refractivity contribution in [3.63, 3.8) is 0 Å². The predicted molar refractivity (Wildman–Crippen MR) is 156 cm³/mol. The van der Waals surface area contributed by atoms with Gasteiger partial charge in [-0.05, 0) is 67.5 Å². The molecule has 0 amide bonds. The zero-order valence-corrected chi connectivity index (χ0v) is 23.7. The molecule has 1 nitrogen and oxygen atoms in total. The molecule has 0 unspecified atom stereocenters. The zero-order chi connectivity index (χ0) is 24.8. The molecular formula is C31H46NS2+. The summed E-state index contributed by atoms with van der Waals surface area (Å²) in [5.41, 5.74) is 2.86. The van der Waals surface area contributed by atoms with Crippen LogP contribution in [0.4, 0.5) is 0 Å². The van der Waals surface area contributed by atoms with E-state index in [1.54, 1.807) is 23.5 Å². The van der Waals surface area contributed by atoms with E-state index in [0.717, 1.165) is 20.7 Å². The molecule has 0 saturated carbocycles. The van der Waals surface area contributed by atoms with Crippen molar-refractivity contribution in [1.82, 2.24) is 0 Å². The quantitative estimate of drug-likeness (QED) is 0.0925. The van der Waals surface area contributed by atoms with Gasteiger partial charge in [-0.2, -0.15) is 0 Å². The van der Waals surface area contributed by atoms with Gasteiger partial charge in [-0.1, -0.05) is 100.0 Å². The average molecular weight is 497 g/mol. The second kappa shape index (κ2) is 15.5. The van der Waals surface area contributed by atoms with Gasteiger partial charge in [-0.25, -0.2) is 0 Å². The van der Waals surface area contributed by atoms with Crippen molar-refractivity contribution >= 4 is 23.5 Å².